The zero-order chi connectivity index (χ0) is 25.8. The summed E-state index contributed by atoms with van der Waals surface area (Å²) >= 11 is 11.8. The zero-order valence-electron chi connectivity index (χ0n) is 18.4. The van der Waals surface area contributed by atoms with Crippen LogP contribution in [0.1, 0.15) is 18.1 Å². The number of likely N-dealkylation sites (N-methyl/N-ethyl adjacent to an activating group) is 1. The van der Waals surface area contributed by atoms with Crippen LogP contribution >= 0.6 is 23.2 Å². The molecule has 0 aliphatic rings. The number of sulfonamides is 1. The molecule has 13 heteroatoms. The van der Waals surface area contributed by atoms with Gasteiger partial charge >= 0.3 is 6.18 Å². The third-order valence-electron chi connectivity index (χ3n) is 4.93. The predicted octanol–water partition coefficient (Wildman–Crippen LogP) is 3.94. The molecule has 1 atom stereocenters. The molecule has 2 rings (SSSR count). The lowest BCUT2D eigenvalue weighted by Crippen LogP contribution is -2.50. The Balaban J connectivity index is 2.49. The summed E-state index contributed by atoms with van der Waals surface area (Å²) in [6.07, 6.45) is -4.09. The van der Waals surface area contributed by atoms with Crippen molar-refractivity contribution in [2.75, 3.05) is 24.2 Å². The van der Waals surface area contributed by atoms with Gasteiger partial charge in [-0.1, -0.05) is 41.4 Å². The molecule has 1 N–H and O–H groups in total. The molecule has 34 heavy (non-hydrogen) atoms. The fourth-order valence-corrected chi connectivity index (χ4v) is 4.36. The summed E-state index contributed by atoms with van der Waals surface area (Å²) in [5, 5.41) is 2.10. The van der Waals surface area contributed by atoms with E-state index >= 15 is 0 Å². The van der Waals surface area contributed by atoms with Gasteiger partial charge in [0, 0.05) is 18.6 Å². The van der Waals surface area contributed by atoms with Gasteiger partial charge in [0.25, 0.3) is 0 Å². The predicted molar refractivity (Wildman–Crippen MR) is 124 cm³/mol. The lowest BCUT2D eigenvalue weighted by atomic mass is 10.1. The summed E-state index contributed by atoms with van der Waals surface area (Å²) in [7, 11) is -2.84. The van der Waals surface area contributed by atoms with Crippen LogP contribution in [0.2, 0.25) is 10.0 Å². The van der Waals surface area contributed by atoms with Crippen molar-refractivity contribution in [3.05, 3.63) is 63.6 Å². The first-order valence-corrected chi connectivity index (χ1v) is 12.4. The normalized spacial score (nSPS) is 12.7. The first kappa shape index (κ1) is 27.7. The lowest BCUT2D eigenvalue weighted by molar-refractivity contribution is -0.139. The van der Waals surface area contributed by atoms with Crippen molar-refractivity contribution in [2.45, 2.75) is 25.7 Å². The number of hydrogen-bond acceptors (Lipinski definition) is 4. The second-order valence-corrected chi connectivity index (χ2v) is 10.1. The molecule has 0 saturated carbocycles. The van der Waals surface area contributed by atoms with Gasteiger partial charge in [0.2, 0.25) is 21.8 Å². The van der Waals surface area contributed by atoms with Crippen LogP contribution in [-0.4, -0.2) is 51.0 Å². The Kier molecular flexibility index (Phi) is 8.84. The summed E-state index contributed by atoms with van der Waals surface area (Å²) in [5.74, 6) is -1.36. The fraction of sp³-hybridized carbons (Fsp3) is 0.333. The summed E-state index contributed by atoms with van der Waals surface area (Å²) in [4.78, 5) is 26.6. The van der Waals surface area contributed by atoms with Crippen LogP contribution in [0.5, 0.6) is 0 Å². The Morgan fingerprint density at radius 3 is 2.24 bits per heavy atom. The van der Waals surface area contributed by atoms with Crippen LogP contribution in [0.25, 0.3) is 0 Å². The minimum absolute atomic E-state index is 0.140. The monoisotopic (exact) mass is 539 g/mol. The van der Waals surface area contributed by atoms with E-state index < -0.39 is 56.9 Å². The molecule has 2 amide bonds. The van der Waals surface area contributed by atoms with Crippen molar-refractivity contribution < 1.29 is 31.2 Å². The number of hydrogen-bond donors (Lipinski definition) is 1. The minimum Gasteiger partial charge on any atom is -0.357 e. The van der Waals surface area contributed by atoms with E-state index in [4.69, 9.17) is 23.2 Å². The number of anilines is 1. The van der Waals surface area contributed by atoms with Gasteiger partial charge in [-0.25, -0.2) is 8.42 Å². The van der Waals surface area contributed by atoms with Gasteiger partial charge in [-0.3, -0.25) is 13.9 Å². The molecule has 0 bridgehead atoms. The number of alkyl halides is 3. The second-order valence-electron chi connectivity index (χ2n) is 7.33. The minimum atomic E-state index is -4.84. The second kappa shape index (κ2) is 10.8. The lowest BCUT2D eigenvalue weighted by Gasteiger charge is -2.31. The molecule has 0 aliphatic heterocycles. The molecular weight excluding hydrogens is 518 g/mol. The molecule has 0 spiro atoms. The number of nitrogens with one attached hydrogen (secondary N) is 1. The number of halogens is 5. The SMILES string of the molecule is CNC(=O)[C@@H](C)N(Cc1ccccc1Cl)C(=O)CN(c1ccc(Cl)c(C(F)(F)F)c1)S(C)(=O)=O. The maximum absolute atomic E-state index is 13.3. The number of carbonyl (C=O) groups excluding carboxylic acids is 2. The summed E-state index contributed by atoms with van der Waals surface area (Å²) in [6.45, 7) is 0.436. The van der Waals surface area contributed by atoms with Gasteiger partial charge in [0.1, 0.15) is 12.6 Å². The average Bonchev–Trinajstić information content (AvgIpc) is 2.74. The van der Waals surface area contributed by atoms with Gasteiger partial charge in [0.15, 0.2) is 0 Å². The molecule has 2 aromatic carbocycles. The van der Waals surface area contributed by atoms with E-state index in [1.165, 1.54) is 14.0 Å². The largest absolute Gasteiger partial charge is 0.417 e. The van der Waals surface area contributed by atoms with E-state index in [2.05, 4.69) is 5.32 Å². The third-order valence-corrected chi connectivity index (χ3v) is 6.77. The first-order chi connectivity index (χ1) is 15.7. The molecule has 0 radical (unpaired) electrons. The highest BCUT2D eigenvalue weighted by Crippen LogP contribution is 2.37. The fourth-order valence-electron chi connectivity index (χ4n) is 3.10. The van der Waals surface area contributed by atoms with Crippen molar-refractivity contribution in [3.8, 4) is 0 Å². The molecule has 186 valence electrons. The highest BCUT2D eigenvalue weighted by molar-refractivity contribution is 7.92. The smallest absolute Gasteiger partial charge is 0.357 e. The molecule has 0 saturated heterocycles. The van der Waals surface area contributed by atoms with E-state index in [0.29, 0.717) is 21.0 Å². The Morgan fingerprint density at radius 1 is 1.09 bits per heavy atom. The van der Waals surface area contributed by atoms with Crippen LogP contribution in [-0.2, 0) is 32.3 Å². The van der Waals surface area contributed by atoms with E-state index in [0.717, 1.165) is 23.3 Å². The number of benzene rings is 2. The maximum Gasteiger partial charge on any atom is 0.417 e. The molecule has 2 aromatic rings. The molecule has 0 heterocycles. The van der Waals surface area contributed by atoms with Crippen molar-refractivity contribution >= 4 is 50.7 Å². The molecule has 7 nitrogen and oxygen atoms in total. The summed E-state index contributed by atoms with van der Waals surface area (Å²) in [6, 6.07) is 8.03. The van der Waals surface area contributed by atoms with Crippen LogP contribution in [0.3, 0.4) is 0 Å². The van der Waals surface area contributed by atoms with E-state index in [9.17, 15) is 31.2 Å². The van der Waals surface area contributed by atoms with Crippen molar-refractivity contribution in [1.29, 1.82) is 0 Å². The third kappa shape index (κ3) is 6.77. The molecule has 0 unspecified atom stereocenters. The summed E-state index contributed by atoms with van der Waals surface area (Å²) in [5.41, 5.74) is -1.16. The van der Waals surface area contributed by atoms with Gasteiger partial charge in [-0.15, -0.1) is 0 Å². The Bertz CT molecular complexity index is 1180. The van der Waals surface area contributed by atoms with Crippen LogP contribution in [0.4, 0.5) is 18.9 Å². The first-order valence-electron chi connectivity index (χ1n) is 9.75. The molecule has 0 fully saturated rings. The van der Waals surface area contributed by atoms with Crippen molar-refractivity contribution in [1.82, 2.24) is 10.2 Å². The quantitative estimate of drug-likeness (QED) is 0.550. The highest BCUT2D eigenvalue weighted by atomic mass is 35.5. The topological polar surface area (TPSA) is 86.8 Å². The van der Waals surface area contributed by atoms with E-state index in [1.807, 2.05) is 0 Å². The van der Waals surface area contributed by atoms with Gasteiger partial charge in [-0.05, 0) is 36.8 Å². The molecule has 0 aromatic heterocycles. The van der Waals surface area contributed by atoms with Crippen LogP contribution in [0.15, 0.2) is 42.5 Å². The standard InChI is InChI=1S/C21H22Cl2F3N3O4S/c1-13(20(31)27-2)28(11-14-6-4-5-7-17(14)22)19(30)12-29(34(3,32)33)15-8-9-18(23)16(10-15)21(24,25)26/h4-10,13H,11-12H2,1-3H3,(H,27,31)/t13-/m1/s1. The maximum atomic E-state index is 13.3. The van der Waals surface area contributed by atoms with E-state index in [1.54, 1.807) is 24.3 Å². The number of rotatable bonds is 8. The van der Waals surface area contributed by atoms with E-state index in [-0.39, 0.29) is 6.54 Å². The summed E-state index contributed by atoms with van der Waals surface area (Å²) < 4.78 is 65.3. The number of nitrogens with zero attached hydrogens (tertiary/aromatic N) is 2. The number of amides is 2. The Morgan fingerprint density at radius 2 is 1.71 bits per heavy atom. The molecule has 0 aliphatic carbocycles. The molecular formula is C21H22Cl2F3N3O4S. The Hall–Kier alpha value is -2.50. The highest BCUT2D eigenvalue weighted by Gasteiger charge is 2.35. The van der Waals surface area contributed by atoms with Crippen molar-refractivity contribution in [2.24, 2.45) is 0 Å². The van der Waals surface area contributed by atoms with Gasteiger partial charge in [-0.2, -0.15) is 13.2 Å². The number of carbonyl (C=O) groups is 2. The Labute approximate surface area is 205 Å². The average molecular weight is 540 g/mol. The zero-order valence-corrected chi connectivity index (χ0v) is 20.7. The van der Waals surface area contributed by atoms with Gasteiger partial charge in [0.05, 0.1) is 22.5 Å². The van der Waals surface area contributed by atoms with Crippen LogP contribution in [0, 0.1) is 0 Å². The van der Waals surface area contributed by atoms with Crippen molar-refractivity contribution in [3.63, 3.8) is 0 Å². The van der Waals surface area contributed by atoms with Crippen LogP contribution < -0.4 is 9.62 Å². The van der Waals surface area contributed by atoms with Gasteiger partial charge < -0.3 is 10.2 Å².